The number of benzene rings is 1. The Morgan fingerprint density at radius 2 is 2.04 bits per heavy atom. The molecule has 1 heterocycles. The molecule has 1 saturated heterocycles. The molecule has 0 aliphatic carbocycles. The molecule has 1 fully saturated rings. The molecule has 0 spiro atoms. The average molecular weight is 372 g/mol. The van der Waals surface area contributed by atoms with Crippen LogP contribution in [0.3, 0.4) is 0 Å². The summed E-state index contributed by atoms with van der Waals surface area (Å²) in [5.41, 5.74) is -0.496. The third kappa shape index (κ3) is 4.23. The summed E-state index contributed by atoms with van der Waals surface area (Å²) in [6.45, 7) is 4.07. The van der Waals surface area contributed by atoms with Gasteiger partial charge in [-0.2, -0.15) is 5.26 Å². The van der Waals surface area contributed by atoms with Gasteiger partial charge in [0.2, 0.25) is 0 Å². The predicted octanol–water partition coefficient (Wildman–Crippen LogP) is 1.15. The van der Waals surface area contributed by atoms with E-state index in [0.717, 1.165) is 4.90 Å². The lowest BCUT2D eigenvalue weighted by Gasteiger charge is -2.19. The number of imide groups is 1. The summed E-state index contributed by atoms with van der Waals surface area (Å²) in [6, 6.07) is 7.64. The van der Waals surface area contributed by atoms with Crippen LogP contribution < -0.4 is 10.6 Å². The number of carbonyl (C=O) groups is 4. The molecule has 1 aromatic carbocycles. The van der Waals surface area contributed by atoms with Crippen LogP contribution in [0.4, 0.5) is 10.5 Å². The van der Waals surface area contributed by atoms with Crippen molar-refractivity contribution >= 4 is 29.5 Å². The van der Waals surface area contributed by atoms with E-state index in [1.54, 1.807) is 32.0 Å². The largest absolute Gasteiger partial charge is 0.451 e. The Morgan fingerprint density at radius 3 is 2.63 bits per heavy atom. The Hall–Kier alpha value is -3.41. The second-order valence-corrected chi connectivity index (χ2v) is 6.29. The molecule has 142 valence electrons. The monoisotopic (exact) mass is 372 g/mol. The topological polar surface area (TPSA) is 129 Å². The van der Waals surface area contributed by atoms with Crippen LogP contribution in [-0.4, -0.2) is 46.9 Å². The van der Waals surface area contributed by atoms with Gasteiger partial charge >= 0.3 is 12.0 Å². The van der Waals surface area contributed by atoms with Crippen LogP contribution in [0, 0.1) is 11.3 Å². The Labute approximate surface area is 156 Å². The van der Waals surface area contributed by atoms with Crippen molar-refractivity contribution < 1.29 is 23.9 Å². The van der Waals surface area contributed by atoms with E-state index in [4.69, 9.17) is 10.00 Å². The SMILES string of the molecule is CC[C@]1(C)NC(=O)N(CC(=O)O[C@@H](C)C(=O)Nc2ccccc2C#N)C1=O. The lowest BCUT2D eigenvalue weighted by molar-refractivity contribution is -0.155. The van der Waals surface area contributed by atoms with Crippen LogP contribution in [0.25, 0.3) is 0 Å². The van der Waals surface area contributed by atoms with Crippen LogP contribution in [0.1, 0.15) is 32.8 Å². The van der Waals surface area contributed by atoms with E-state index in [0.29, 0.717) is 12.1 Å². The molecule has 1 aliphatic rings. The molecule has 2 rings (SSSR count). The van der Waals surface area contributed by atoms with E-state index in [2.05, 4.69) is 10.6 Å². The van der Waals surface area contributed by atoms with Crippen LogP contribution >= 0.6 is 0 Å². The number of anilines is 1. The molecule has 0 aromatic heterocycles. The quantitative estimate of drug-likeness (QED) is 0.569. The zero-order valence-electron chi connectivity index (χ0n) is 15.2. The molecule has 9 nitrogen and oxygen atoms in total. The molecule has 0 saturated carbocycles. The standard InChI is InChI=1S/C18H20N4O5/c1-4-18(3)16(25)22(17(26)21-18)10-14(23)27-11(2)15(24)20-13-8-6-5-7-12(13)9-19/h5-8,11H,4,10H2,1-3H3,(H,20,24)(H,21,26)/t11-,18-/m0/s1. The van der Waals surface area contributed by atoms with Crippen molar-refractivity contribution in [3.63, 3.8) is 0 Å². The van der Waals surface area contributed by atoms with Crippen molar-refractivity contribution in [1.29, 1.82) is 5.26 Å². The van der Waals surface area contributed by atoms with Gasteiger partial charge in [0, 0.05) is 0 Å². The highest BCUT2D eigenvalue weighted by molar-refractivity contribution is 6.08. The summed E-state index contributed by atoms with van der Waals surface area (Å²) >= 11 is 0. The van der Waals surface area contributed by atoms with Crippen LogP contribution in [0.5, 0.6) is 0 Å². The number of hydrogen-bond acceptors (Lipinski definition) is 6. The third-order valence-electron chi connectivity index (χ3n) is 4.32. The Balaban J connectivity index is 1.95. The number of urea groups is 1. The van der Waals surface area contributed by atoms with E-state index >= 15 is 0 Å². The molecule has 0 bridgehead atoms. The number of amides is 4. The first-order valence-corrected chi connectivity index (χ1v) is 8.35. The summed E-state index contributed by atoms with van der Waals surface area (Å²) in [6.07, 6.45) is -0.803. The van der Waals surface area contributed by atoms with Crippen LogP contribution in [-0.2, 0) is 19.1 Å². The molecule has 2 N–H and O–H groups in total. The van der Waals surface area contributed by atoms with Gasteiger partial charge in [0.15, 0.2) is 6.10 Å². The second kappa shape index (κ2) is 7.86. The number of ether oxygens (including phenoxy) is 1. The summed E-state index contributed by atoms with van der Waals surface area (Å²) in [5, 5.41) is 14.1. The van der Waals surface area contributed by atoms with Gasteiger partial charge in [-0.25, -0.2) is 4.79 Å². The van der Waals surface area contributed by atoms with E-state index in [9.17, 15) is 19.2 Å². The molecule has 27 heavy (non-hydrogen) atoms. The number of rotatable bonds is 6. The van der Waals surface area contributed by atoms with Crippen LogP contribution in [0.15, 0.2) is 24.3 Å². The van der Waals surface area contributed by atoms with Gasteiger partial charge in [-0.1, -0.05) is 19.1 Å². The van der Waals surface area contributed by atoms with Crippen molar-refractivity contribution in [2.75, 3.05) is 11.9 Å². The first-order valence-electron chi connectivity index (χ1n) is 8.35. The molecule has 2 atom stereocenters. The van der Waals surface area contributed by atoms with Gasteiger partial charge in [-0.15, -0.1) is 0 Å². The maximum absolute atomic E-state index is 12.3. The molecule has 4 amide bonds. The minimum atomic E-state index is -1.18. The third-order valence-corrected chi connectivity index (χ3v) is 4.32. The molecule has 0 radical (unpaired) electrons. The Bertz CT molecular complexity index is 831. The van der Waals surface area contributed by atoms with Gasteiger partial charge in [0.25, 0.3) is 11.8 Å². The number of hydrogen-bond donors (Lipinski definition) is 2. The zero-order valence-corrected chi connectivity index (χ0v) is 15.2. The van der Waals surface area contributed by atoms with Crippen molar-refractivity contribution in [3.8, 4) is 6.07 Å². The summed E-state index contributed by atoms with van der Waals surface area (Å²) in [7, 11) is 0. The van der Waals surface area contributed by atoms with E-state index in [-0.39, 0.29) is 5.56 Å². The molecule has 9 heteroatoms. The smallest absolute Gasteiger partial charge is 0.327 e. The first kappa shape index (κ1) is 19.9. The number of nitrogens with one attached hydrogen (secondary N) is 2. The molecule has 1 aliphatic heterocycles. The molecular formula is C18H20N4O5. The minimum absolute atomic E-state index is 0.266. The fourth-order valence-corrected chi connectivity index (χ4v) is 2.47. The van der Waals surface area contributed by atoms with Gasteiger partial charge < -0.3 is 15.4 Å². The highest BCUT2D eigenvalue weighted by Crippen LogP contribution is 2.20. The number of esters is 1. The van der Waals surface area contributed by atoms with E-state index in [1.807, 2.05) is 6.07 Å². The summed E-state index contributed by atoms with van der Waals surface area (Å²) in [5.74, 6) is -2.05. The fraction of sp³-hybridized carbons (Fsp3) is 0.389. The predicted molar refractivity (Wildman–Crippen MR) is 94.3 cm³/mol. The normalized spacial score (nSPS) is 19.9. The second-order valence-electron chi connectivity index (χ2n) is 6.29. The first-order chi connectivity index (χ1) is 12.7. The average Bonchev–Trinajstić information content (AvgIpc) is 2.85. The summed E-state index contributed by atoms with van der Waals surface area (Å²) < 4.78 is 5.01. The Kier molecular flexibility index (Phi) is 5.80. The highest BCUT2D eigenvalue weighted by Gasteiger charge is 2.47. The number of nitrogens with zero attached hydrogens (tertiary/aromatic N) is 2. The molecular weight excluding hydrogens is 352 g/mol. The van der Waals surface area contributed by atoms with E-state index in [1.165, 1.54) is 13.0 Å². The highest BCUT2D eigenvalue weighted by atomic mass is 16.5. The minimum Gasteiger partial charge on any atom is -0.451 e. The Morgan fingerprint density at radius 1 is 1.37 bits per heavy atom. The van der Waals surface area contributed by atoms with Crippen molar-refractivity contribution in [1.82, 2.24) is 10.2 Å². The molecule has 0 unspecified atom stereocenters. The number of nitriles is 1. The van der Waals surface area contributed by atoms with Gasteiger partial charge in [0.05, 0.1) is 11.3 Å². The summed E-state index contributed by atoms with van der Waals surface area (Å²) in [4.78, 5) is 49.2. The van der Waals surface area contributed by atoms with Crippen molar-refractivity contribution in [3.05, 3.63) is 29.8 Å². The zero-order chi connectivity index (χ0) is 20.2. The number of carbonyl (C=O) groups excluding carboxylic acids is 4. The van der Waals surface area contributed by atoms with Crippen LogP contribution in [0.2, 0.25) is 0 Å². The lowest BCUT2D eigenvalue weighted by atomic mass is 9.99. The van der Waals surface area contributed by atoms with Gasteiger partial charge in [0.1, 0.15) is 18.2 Å². The van der Waals surface area contributed by atoms with Gasteiger partial charge in [-0.3, -0.25) is 19.3 Å². The fourth-order valence-electron chi connectivity index (χ4n) is 2.47. The van der Waals surface area contributed by atoms with Crippen molar-refractivity contribution in [2.45, 2.75) is 38.8 Å². The van der Waals surface area contributed by atoms with Gasteiger partial charge in [-0.05, 0) is 32.4 Å². The lowest BCUT2D eigenvalue weighted by Crippen LogP contribution is -2.44. The van der Waals surface area contributed by atoms with Crippen molar-refractivity contribution in [2.24, 2.45) is 0 Å². The molecule has 1 aromatic rings. The maximum atomic E-state index is 12.3. The van der Waals surface area contributed by atoms with E-state index < -0.39 is 42.0 Å². The number of para-hydroxylation sites is 1. The maximum Gasteiger partial charge on any atom is 0.327 e.